The first kappa shape index (κ1) is 16.8. The molecule has 2 N–H and O–H groups in total. The van der Waals surface area contributed by atoms with E-state index in [9.17, 15) is 18.0 Å². The lowest BCUT2D eigenvalue weighted by Crippen LogP contribution is -2.17. The first-order valence-corrected chi connectivity index (χ1v) is 6.98. The average Bonchev–Trinajstić information content (AvgIpc) is 3.14. The van der Waals surface area contributed by atoms with Crippen LogP contribution in [-0.2, 0) is 12.7 Å². The zero-order valence-electron chi connectivity index (χ0n) is 12.1. The minimum Gasteiger partial charge on any atom is -0.364 e. The van der Waals surface area contributed by atoms with Gasteiger partial charge in [0.15, 0.2) is 5.82 Å². The van der Waals surface area contributed by atoms with Gasteiger partial charge >= 0.3 is 6.18 Å². The summed E-state index contributed by atoms with van der Waals surface area (Å²) in [7, 11) is 0. The Kier molecular flexibility index (Phi) is 4.12. The Labute approximate surface area is 142 Å². The number of nitrogens with zero attached hydrogens (tertiary/aromatic N) is 7. The summed E-state index contributed by atoms with van der Waals surface area (Å²) in [6, 6.07) is 4.30. The lowest BCUT2D eigenvalue weighted by molar-refractivity contribution is -0.147. The summed E-state index contributed by atoms with van der Waals surface area (Å²) in [4.78, 5) is 15.6. The van der Waals surface area contributed by atoms with Gasteiger partial charge in [-0.25, -0.2) is 14.3 Å². The van der Waals surface area contributed by atoms with E-state index < -0.39 is 24.5 Å². The standard InChI is InChI=1S/C12H8ClF3N8O/c13-7-2-1-3-18-10(7)24-8(9(17)25)4-6(20-24)5-23-11(12(14,15)16)19-21-22-23/h1-4H,5H2,(H2,17,25). The van der Waals surface area contributed by atoms with E-state index in [-0.39, 0.29) is 22.2 Å². The second-order valence-corrected chi connectivity index (χ2v) is 5.17. The maximum atomic E-state index is 12.8. The van der Waals surface area contributed by atoms with Gasteiger partial charge in [-0.15, -0.1) is 5.10 Å². The fraction of sp³-hybridized carbons (Fsp3) is 0.167. The monoisotopic (exact) mass is 372 g/mol. The second kappa shape index (κ2) is 6.12. The molecule has 0 unspecified atom stereocenters. The summed E-state index contributed by atoms with van der Waals surface area (Å²) >= 11 is 6.01. The van der Waals surface area contributed by atoms with Crippen LogP contribution in [0.15, 0.2) is 24.4 Å². The van der Waals surface area contributed by atoms with E-state index in [1.807, 2.05) is 0 Å². The Morgan fingerprint density at radius 2 is 2.12 bits per heavy atom. The maximum absolute atomic E-state index is 12.8. The number of pyridine rings is 1. The number of primary amides is 1. The number of halogens is 4. The Hall–Kier alpha value is -3.02. The number of alkyl halides is 3. The van der Waals surface area contributed by atoms with Gasteiger partial charge in [0, 0.05) is 6.20 Å². The average molecular weight is 373 g/mol. The summed E-state index contributed by atoms with van der Waals surface area (Å²) in [6.45, 7) is -0.431. The minimum absolute atomic E-state index is 0.0633. The van der Waals surface area contributed by atoms with Gasteiger partial charge in [0.05, 0.1) is 17.3 Å². The molecule has 0 radical (unpaired) electrons. The van der Waals surface area contributed by atoms with Crippen LogP contribution in [0.1, 0.15) is 22.0 Å². The van der Waals surface area contributed by atoms with E-state index in [0.717, 1.165) is 4.68 Å². The highest BCUT2D eigenvalue weighted by atomic mass is 35.5. The molecule has 3 aromatic heterocycles. The fourth-order valence-electron chi connectivity index (χ4n) is 2.05. The van der Waals surface area contributed by atoms with Gasteiger partial charge in [-0.05, 0) is 28.6 Å². The van der Waals surface area contributed by atoms with Crippen LogP contribution in [0.3, 0.4) is 0 Å². The van der Waals surface area contributed by atoms with Crippen molar-refractivity contribution in [2.45, 2.75) is 12.7 Å². The van der Waals surface area contributed by atoms with Crippen molar-refractivity contribution in [2.75, 3.05) is 0 Å². The van der Waals surface area contributed by atoms with E-state index in [1.54, 1.807) is 6.07 Å². The SMILES string of the molecule is NC(=O)c1cc(Cn2nnnc2C(F)(F)F)nn1-c1ncccc1Cl. The van der Waals surface area contributed by atoms with Crippen LogP contribution in [0.2, 0.25) is 5.02 Å². The van der Waals surface area contributed by atoms with Crippen molar-refractivity contribution in [1.29, 1.82) is 0 Å². The van der Waals surface area contributed by atoms with E-state index >= 15 is 0 Å². The highest BCUT2D eigenvalue weighted by molar-refractivity contribution is 6.32. The maximum Gasteiger partial charge on any atom is 0.453 e. The third kappa shape index (κ3) is 3.28. The Bertz CT molecular complexity index is 935. The molecule has 3 aromatic rings. The van der Waals surface area contributed by atoms with E-state index in [0.29, 0.717) is 4.68 Å². The van der Waals surface area contributed by atoms with Crippen LogP contribution in [0, 0.1) is 0 Å². The van der Waals surface area contributed by atoms with Crippen LogP contribution in [0.25, 0.3) is 5.82 Å². The van der Waals surface area contributed by atoms with Crippen LogP contribution < -0.4 is 5.73 Å². The molecule has 0 saturated heterocycles. The molecule has 9 nitrogen and oxygen atoms in total. The topological polar surface area (TPSA) is 117 Å². The molecule has 0 spiro atoms. The van der Waals surface area contributed by atoms with Gasteiger partial charge < -0.3 is 5.73 Å². The molecule has 0 bridgehead atoms. The van der Waals surface area contributed by atoms with E-state index in [2.05, 4.69) is 25.6 Å². The molecule has 130 valence electrons. The molecule has 1 amide bonds. The molecule has 3 rings (SSSR count). The number of hydrogen-bond acceptors (Lipinski definition) is 6. The van der Waals surface area contributed by atoms with Gasteiger partial charge in [-0.1, -0.05) is 11.6 Å². The lowest BCUT2D eigenvalue weighted by Gasteiger charge is -2.06. The van der Waals surface area contributed by atoms with E-state index in [4.69, 9.17) is 17.3 Å². The number of nitrogens with two attached hydrogens (primary N) is 1. The summed E-state index contributed by atoms with van der Waals surface area (Å²) in [5.41, 5.74) is 5.25. The molecule has 25 heavy (non-hydrogen) atoms. The van der Waals surface area contributed by atoms with Crippen LogP contribution >= 0.6 is 11.6 Å². The van der Waals surface area contributed by atoms with Gasteiger partial charge in [0.1, 0.15) is 5.69 Å². The molecule has 0 fully saturated rings. The number of carbonyl (C=O) groups is 1. The number of amides is 1. The Morgan fingerprint density at radius 3 is 2.76 bits per heavy atom. The normalized spacial score (nSPS) is 11.7. The molecule has 0 aliphatic heterocycles. The van der Waals surface area contributed by atoms with Crippen LogP contribution in [0.4, 0.5) is 13.2 Å². The molecule has 0 saturated carbocycles. The van der Waals surface area contributed by atoms with Crippen molar-refractivity contribution in [1.82, 2.24) is 35.0 Å². The summed E-state index contributed by atoms with van der Waals surface area (Å²) in [6.07, 6.45) is -3.32. The molecule has 0 aliphatic rings. The Balaban J connectivity index is 2.03. The predicted octanol–water partition coefficient (Wildman–Crippen LogP) is 1.07. The molecule has 3 heterocycles. The van der Waals surface area contributed by atoms with Crippen LogP contribution in [0.5, 0.6) is 0 Å². The smallest absolute Gasteiger partial charge is 0.364 e. The van der Waals surface area contributed by atoms with Crippen molar-refractivity contribution in [3.63, 3.8) is 0 Å². The highest BCUT2D eigenvalue weighted by Crippen LogP contribution is 2.27. The number of hydrogen-bond donors (Lipinski definition) is 1. The molecule has 0 aromatic carbocycles. The lowest BCUT2D eigenvalue weighted by atomic mass is 10.3. The number of tetrazole rings is 1. The quantitative estimate of drug-likeness (QED) is 0.732. The zero-order valence-corrected chi connectivity index (χ0v) is 12.9. The summed E-state index contributed by atoms with van der Waals surface area (Å²) < 4.78 is 40.0. The summed E-state index contributed by atoms with van der Waals surface area (Å²) in [5, 5.41) is 13.4. The largest absolute Gasteiger partial charge is 0.453 e. The molecule has 0 aliphatic carbocycles. The van der Waals surface area contributed by atoms with Crippen molar-refractivity contribution < 1.29 is 18.0 Å². The molecule has 0 atom stereocenters. The van der Waals surface area contributed by atoms with E-state index in [1.165, 1.54) is 18.3 Å². The number of carbonyl (C=O) groups excluding carboxylic acids is 1. The van der Waals surface area contributed by atoms with Gasteiger partial charge in [-0.2, -0.15) is 18.3 Å². The second-order valence-electron chi connectivity index (χ2n) is 4.76. The third-order valence-corrected chi connectivity index (χ3v) is 3.34. The molecule has 13 heteroatoms. The van der Waals surface area contributed by atoms with Gasteiger partial charge in [-0.3, -0.25) is 4.79 Å². The molecular weight excluding hydrogens is 365 g/mol. The van der Waals surface area contributed by atoms with Crippen molar-refractivity contribution in [3.05, 3.63) is 46.6 Å². The highest BCUT2D eigenvalue weighted by Gasteiger charge is 2.38. The van der Waals surface area contributed by atoms with Crippen LogP contribution in [-0.4, -0.2) is 40.9 Å². The minimum atomic E-state index is -4.73. The van der Waals surface area contributed by atoms with Gasteiger partial charge in [0.25, 0.3) is 11.7 Å². The predicted molar refractivity (Wildman–Crippen MR) is 76.8 cm³/mol. The van der Waals surface area contributed by atoms with Crippen molar-refractivity contribution >= 4 is 17.5 Å². The number of rotatable bonds is 4. The first-order chi connectivity index (χ1) is 11.8. The van der Waals surface area contributed by atoms with Gasteiger partial charge in [0.2, 0.25) is 0 Å². The third-order valence-electron chi connectivity index (χ3n) is 3.05. The first-order valence-electron chi connectivity index (χ1n) is 6.60. The molecular formula is C12H8ClF3N8O. The number of aromatic nitrogens is 7. The fourth-order valence-corrected chi connectivity index (χ4v) is 2.25. The van der Waals surface area contributed by atoms with Crippen molar-refractivity contribution in [2.24, 2.45) is 5.73 Å². The Morgan fingerprint density at radius 1 is 1.36 bits per heavy atom. The summed E-state index contributed by atoms with van der Waals surface area (Å²) in [5.74, 6) is -2.04. The zero-order chi connectivity index (χ0) is 18.2. The van der Waals surface area contributed by atoms with Crippen molar-refractivity contribution in [3.8, 4) is 5.82 Å².